The SMILES string of the molecule is CCCOC.CCOc1ccccc1. The van der Waals surface area contributed by atoms with Crippen LogP contribution in [0.5, 0.6) is 5.75 Å². The van der Waals surface area contributed by atoms with Gasteiger partial charge in [-0.2, -0.15) is 0 Å². The molecule has 0 aromatic heterocycles. The first-order valence-electron chi connectivity index (χ1n) is 5.01. The summed E-state index contributed by atoms with van der Waals surface area (Å²) in [5.74, 6) is 0.944. The second-order valence-corrected chi connectivity index (χ2v) is 2.74. The zero-order valence-electron chi connectivity index (χ0n) is 9.32. The van der Waals surface area contributed by atoms with E-state index in [1.807, 2.05) is 37.3 Å². The predicted molar refractivity (Wildman–Crippen MR) is 59.8 cm³/mol. The normalized spacial score (nSPS) is 8.79. The molecule has 0 aliphatic carbocycles. The summed E-state index contributed by atoms with van der Waals surface area (Å²) in [6, 6.07) is 9.80. The fourth-order valence-electron chi connectivity index (χ4n) is 0.888. The molecule has 0 atom stereocenters. The van der Waals surface area contributed by atoms with Crippen molar-refractivity contribution in [3.8, 4) is 5.75 Å². The van der Waals surface area contributed by atoms with E-state index in [0.717, 1.165) is 25.4 Å². The molecule has 0 spiro atoms. The molecule has 1 aromatic carbocycles. The third-order valence-corrected chi connectivity index (χ3v) is 1.46. The molecule has 2 nitrogen and oxygen atoms in total. The van der Waals surface area contributed by atoms with Crippen molar-refractivity contribution in [2.24, 2.45) is 0 Å². The van der Waals surface area contributed by atoms with Gasteiger partial charge in [-0.3, -0.25) is 0 Å². The molecule has 0 aliphatic heterocycles. The molecule has 0 aliphatic rings. The largest absolute Gasteiger partial charge is 0.494 e. The molecule has 0 amide bonds. The van der Waals surface area contributed by atoms with E-state index in [4.69, 9.17) is 9.47 Å². The molecule has 1 aromatic rings. The van der Waals surface area contributed by atoms with E-state index < -0.39 is 0 Å². The van der Waals surface area contributed by atoms with E-state index in [0.29, 0.717) is 0 Å². The van der Waals surface area contributed by atoms with Crippen LogP contribution in [0.15, 0.2) is 30.3 Å². The number of hydrogen-bond acceptors (Lipinski definition) is 2. The first kappa shape index (κ1) is 13.0. The molecule has 0 unspecified atom stereocenters. The van der Waals surface area contributed by atoms with Crippen molar-refractivity contribution in [3.63, 3.8) is 0 Å². The Morgan fingerprint density at radius 1 is 1.07 bits per heavy atom. The van der Waals surface area contributed by atoms with E-state index >= 15 is 0 Å². The summed E-state index contributed by atoms with van der Waals surface area (Å²) in [6.45, 7) is 5.69. The van der Waals surface area contributed by atoms with Crippen molar-refractivity contribution in [3.05, 3.63) is 30.3 Å². The number of para-hydroxylation sites is 1. The van der Waals surface area contributed by atoms with Crippen LogP contribution in [0, 0.1) is 0 Å². The van der Waals surface area contributed by atoms with Gasteiger partial charge in [-0.15, -0.1) is 0 Å². The Labute approximate surface area is 86.9 Å². The molecule has 0 saturated carbocycles. The molecular weight excluding hydrogens is 176 g/mol. The lowest BCUT2D eigenvalue weighted by Crippen LogP contribution is -1.89. The molecule has 80 valence electrons. The molecule has 14 heavy (non-hydrogen) atoms. The van der Waals surface area contributed by atoms with Gasteiger partial charge in [0.15, 0.2) is 0 Å². The Kier molecular flexibility index (Phi) is 9.33. The monoisotopic (exact) mass is 196 g/mol. The minimum absolute atomic E-state index is 0.740. The summed E-state index contributed by atoms with van der Waals surface area (Å²) in [5, 5.41) is 0. The van der Waals surface area contributed by atoms with Crippen LogP contribution < -0.4 is 4.74 Å². The highest BCUT2D eigenvalue weighted by atomic mass is 16.5. The summed E-state index contributed by atoms with van der Waals surface area (Å²) in [4.78, 5) is 0. The molecule has 0 fully saturated rings. The maximum absolute atomic E-state index is 5.21. The maximum Gasteiger partial charge on any atom is 0.119 e. The average Bonchev–Trinajstić information content (AvgIpc) is 2.22. The minimum Gasteiger partial charge on any atom is -0.494 e. The maximum atomic E-state index is 5.21. The van der Waals surface area contributed by atoms with Crippen LogP contribution in [0.1, 0.15) is 20.3 Å². The first-order valence-corrected chi connectivity index (χ1v) is 5.01. The number of rotatable bonds is 4. The van der Waals surface area contributed by atoms with Gasteiger partial charge in [0.25, 0.3) is 0 Å². The number of ether oxygens (including phenoxy) is 2. The van der Waals surface area contributed by atoms with Crippen LogP contribution in [0.4, 0.5) is 0 Å². The van der Waals surface area contributed by atoms with Crippen LogP contribution in [0.25, 0.3) is 0 Å². The zero-order chi connectivity index (χ0) is 10.6. The Balaban J connectivity index is 0.000000292. The van der Waals surface area contributed by atoms with Crippen molar-refractivity contribution in [1.82, 2.24) is 0 Å². The van der Waals surface area contributed by atoms with Crippen LogP contribution >= 0.6 is 0 Å². The summed E-state index contributed by atoms with van der Waals surface area (Å²) in [5.41, 5.74) is 0. The Hall–Kier alpha value is -1.02. The van der Waals surface area contributed by atoms with Gasteiger partial charge < -0.3 is 9.47 Å². The molecule has 0 radical (unpaired) electrons. The summed E-state index contributed by atoms with van der Waals surface area (Å²) >= 11 is 0. The van der Waals surface area contributed by atoms with Gasteiger partial charge in [0.2, 0.25) is 0 Å². The third-order valence-electron chi connectivity index (χ3n) is 1.46. The van der Waals surface area contributed by atoms with Gasteiger partial charge in [0.1, 0.15) is 5.75 Å². The van der Waals surface area contributed by atoms with Crippen molar-refractivity contribution in [1.29, 1.82) is 0 Å². The van der Waals surface area contributed by atoms with Gasteiger partial charge in [0.05, 0.1) is 6.61 Å². The van der Waals surface area contributed by atoms with Crippen molar-refractivity contribution < 1.29 is 9.47 Å². The van der Waals surface area contributed by atoms with E-state index in [-0.39, 0.29) is 0 Å². The third kappa shape index (κ3) is 7.62. The second kappa shape index (κ2) is 10.1. The van der Waals surface area contributed by atoms with Crippen LogP contribution in [-0.4, -0.2) is 20.3 Å². The fraction of sp³-hybridized carbons (Fsp3) is 0.500. The summed E-state index contributed by atoms with van der Waals surface area (Å²) < 4.78 is 9.90. The smallest absolute Gasteiger partial charge is 0.119 e. The highest BCUT2D eigenvalue weighted by Gasteiger charge is 1.83. The summed E-state index contributed by atoms with van der Waals surface area (Å²) in [7, 11) is 1.71. The lowest BCUT2D eigenvalue weighted by molar-refractivity contribution is 0.199. The van der Waals surface area contributed by atoms with E-state index in [1.165, 1.54) is 0 Å². The van der Waals surface area contributed by atoms with Crippen molar-refractivity contribution >= 4 is 0 Å². The first-order chi connectivity index (χ1) is 6.85. The van der Waals surface area contributed by atoms with Crippen molar-refractivity contribution in [2.45, 2.75) is 20.3 Å². The van der Waals surface area contributed by atoms with E-state index in [2.05, 4.69) is 6.92 Å². The van der Waals surface area contributed by atoms with Gasteiger partial charge in [-0.1, -0.05) is 25.1 Å². The second-order valence-electron chi connectivity index (χ2n) is 2.74. The minimum atomic E-state index is 0.740. The van der Waals surface area contributed by atoms with E-state index in [9.17, 15) is 0 Å². The van der Waals surface area contributed by atoms with Gasteiger partial charge in [-0.05, 0) is 25.5 Å². The Bertz CT molecular complexity index is 195. The van der Waals surface area contributed by atoms with E-state index in [1.54, 1.807) is 7.11 Å². The number of methoxy groups -OCH3 is 1. The summed E-state index contributed by atoms with van der Waals surface area (Å²) in [6.07, 6.45) is 1.12. The molecular formula is C12H20O2. The quantitative estimate of drug-likeness (QED) is 0.736. The Morgan fingerprint density at radius 3 is 2.07 bits per heavy atom. The predicted octanol–water partition coefficient (Wildman–Crippen LogP) is 3.13. The molecule has 0 bridgehead atoms. The average molecular weight is 196 g/mol. The molecule has 0 heterocycles. The van der Waals surface area contributed by atoms with Crippen LogP contribution in [-0.2, 0) is 4.74 Å². The highest BCUT2D eigenvalue weighted by molar-refractivity contribution is 5.20. The van der Waals surface area contributed by atoms with Crippen LogP contribution in [0.3, 0.4) is 0 Å². The number of benzene rings is 1. The standard InChI is InChI=1S/C8H10O.C4H10O/c1-2-9-8-6-4-3-5-7-8;1-3-4-5-2/h3-7H,2H2,1H3;3-4H2,1-2H3. The number of hydrogen-bond donors (Lipinski definition) is 0. The topological polar surface area (TPSA) is 18.5 Å². The van der Waals surface area contributed by atoms with Gasteiger partial charge in [0, 0.05) is 13.7 Å². The molecule has 1 rings (SSSR count). The van der Waals surface area contributed by atoms with Crippen LogP contribution in [0.2, 0.25) is 0 Å². The zero-order valence-corrected chi connectivity index (χ0v) is 9.32. The van der Waals surface area contributed by atoms with Gasteiger partial charge >= 0.3 is 0 Å². The lowest BCUT2D eigenvalue weighted by atomic mass is 10.3. The highest BCUT2D eigenvalue weighted by Crippen LogP contribution is 2.06. The molecule has 0 N–H and O–H groups in total. The Morgan fingerprint density at radius 2 is 1.71 bits per heavy atom. The molecule has 2 heteroatoms. The lowest BCUT2D eigenvalue weighted by Gasteiger charge is -1.99. The fourth-order valence-corrected chi connectivity index (χ4v) is 0.888. The van der Waals surface area contributed by atoms with Crippen molar-refractivity contribution in [2.75, 3.05) is 20.3 Å². The van der Waals surface area contributed by atoms with Gasteiger partial charge in [-0.25, -0.2) is 0 Å². The molecule has 0 saturated heterocycles.